The number of amides is 2. The molecule has 1 aromatic carbocycles. The highest BCUT2D eigenvalue weighted by atomic mass is 16.2. The van der Waals surface area contributed by atoms with E-state index < -0.39 is 6.04 Å². The van der Waals surface area contributed by atoms with Gasteiger partial charge in [-0.3, -0.25) is 14.3 Å². The maximum Gasteiger partial charge on any atom is 0.251 e. The number of carbonyl (C=O) groups is 2. The predicted molar refractivity (Wildman–Crippen MR) is 84.7 cm³/mol. The summed E-state index contributed by atoms with van der Waals surface area (Å²) in [5.41, 5.74) is 1.27. The summed E-state index contributed by atoms with van der Waals surface area (Å²) in [6.07, 6.45) is 0.641. The van der Waals surface area contributed by atoms with Crippen molar-refractivity contribution >= 4 is 11.8 Å². The summed E-state index contributed by atoms with van der Waals surface area (Å²) in [4.78, 5) is 30.3. The zero-order chi connectivity index (χ0) is 16.6. The van der Waals surface area contributed by atoms with Crippen molar-refractivity contribution in [1.82, 2.24) is 25.0 Å². The van der Waals surface area contributed by atoms with Crippen LogP contribution in [-0.2, 0) is 11.8 Å². The molecule has 1 atom stereocenters. The van der Waals surface area contributed by atoms with Crippen molar-refractivity contribution in [2.45, 2.75) is 19.4 Å². The Morgan fingerprint density at radius 3 is 2.74 bits per heavy atom. The van der Waals surface area contributed by atoms with Gasteiger partial charge in [0.25, 0.3) is 5.91 Å². The SMILES string of the molecule is Cc1nc(-c2cccc(C(=O)NC3CCN(C)C3=O)c2)nn1C. The normalized spacial score (nSPS) is 17.6. The second-order valence-electron chi connectivity index (χ2n) is 5.76. The summed E-state index contributed by atoms with van der Waals surface area (Å²) in [5, 5.41) is 7.11. The van der Waals surface area contributed by atoms with Gasteiger partial charge < -0.3 is 10.2 Å². The van der Waals surface area contributed by atoms with Crippen LogP contribution in [0.3, 0.4) is 0 Å². The molecule has 1 unspecified atom stereocenters. The molecule has 7 nitrogen and oxygen atoms in total. The molecule has 2 heterocycles. The molecule has 0 bridgehead atoms. The summed E-state index contributed by atoms with van der Waals surface area (Å²) in [5.74, 6) is 1.08. The molecule has 2 aromatic rings. The van der Waals surface area contributed by atoms with E-state index in [-0.39, 0.29) is 11.8 Å². The first-order chi connectivity index (χ1) is 11.0. The van der Waals surface area contributed by atoms with Gasteiger partial charge in [0.1, 0.15) is 11.9 Å². The number of nitrogens with one attached hydrogen (secondary N) is 1. The monoisotopic (exact) mass is 313 g/mol. The van der Waals surface area contributed by atoms with E-state index in [0.717, 1.165) is 11.4 Å². The molecule has 0 radical (unpaired) electrons. The molecule has 1 saturated heterocycles. The first-order valence-electron chi connectivity index (χ1n) is 7.49. The van der Waals surface area contributed by atoms with Crippen LogP contribution >= 0.6 is 0 Å². The Bertz CT molecular complexity index is 748. The fourth-order valence-corrected chi connectivity index (χ4v) is 2.58. The minimum Gasteiger partial charge on any atom is -0.344 e. The Hall–Kier alpha value is -2.70. The Labute approximate surface area is 134 Å². The number of carbonyl (C=O) groups excluding carboxylic acids is 2. The number of aryl methyl sites for hydroxylation is 2. The van der Waals surface area contributed by atoms with Crippen LogP contribution < -0.4 is 5.32 Å². The van der Waals surface area contributed by atoms with Gasteiger partial charge in [0.15, 0.2) is 5.82 Å². The van der Waals surface area contributed by atoms with Crippen LogP contribution in [0.4, 0.5) is 0 Å². The number of likely N-dealkylation sites (N-methyl/N-ethyl adjacent to an activating group) is 1. The molecule has 0 saturated carbocycles. The highest BCUT2D eigenvalue weighted by Gasteiger charge is 2.30. The van der Waals surface area contributed by atoms with Crippen molar-refractivity contribution in [2.75, 3.05) is 13.6 Å². The van der Waals surface area contributed by atoms with E-state index in [4.69, 9.17) is 0 Å². The van der Waals surface area contributed by atoms with Crippen molar-refractivity contribution in [3.05, 3.63) is 35.7 Å². The van der Waals surface area contributed by atoms with Gasteiger partial charge in [0.2, 0.25) is 5.91 Å². The number of likely N-dealkylation sites (tertiary alicyclic amines) is 1. The van der Waals surface area contributed by atoms with Gasteiger partial charge in [-0.1, -0.05) is 12.1 Å². The van der Waals surface area contributed by atoms with E-state index in [0.29, 0.717) is 24.4 Å². The van der Waals surface area contributed by atoms with Gasteiger partial charge in [0.05, 0.1) is 0 Å². The standard InChI is InChI=1S/C16H19N5O2/c1-10-17-14(19-21(10)3)11-5-4-6-12(9-11)15(22)18-13-7-8-20(2)16(13)23/h4-6,9,13H,7-8H2,1-3H3,(H,18,22). The maximum absolute atomic E-state index is 12.4. The van der Waals surface area contributed by atoms with E-state index >= 15 is 0 Å². The minimum absolute atomic E-state index is 0.0449. The quantitative estimate of drug-likeness (QED) is 0.907. The largest absolute Gasteiger partial charge is 0.344 e. The molecule has 7 heteroatoms. The van der Waals surface area contributed by atoms with Gasteiger partial charge in [0, 0.05) is 31.8 Å². The van der Waals surface area contributed by atoms with Crippen molar-refractivity contribution in [3.63, 3.8) is 0 Å². The Kier molecular flexibility index (Phi) is 3.85. The first-order valence-corrected chi connectivity index (χ1v) is 7.49. The average Bonchev–Trinajstić information content (AvgIpc) is 3.04. The smallest absolute Gasteiger partial charge is 0.251 e. The predicted octanol–water partition coefficient (Wildman–Crippen LogP) is 0.751. The van der Waals surface area contributed by atoms with E-state index in [9.17, 15) is 9.59 Å². The summed E-state index contributed by atoms with van der Waals surface area (Å²) in [6.45, 7) is 2.54. The molecule has 120 valence electrons. The molecule has 0 aliphatic carbocycles. The number of rotatable bonds is 3. The fourth-order valence-electron chi connectivity index (χ4n) is 2.58. The molecule has 1 fully saturated rings. The number of hydrogen-bond acceptors (Lipinski definition) is 4. The molecule has 23 heavy (non-hydrogen) atoms. The lowest BCUT2D eigenvalue weighted by Gasteiger charge is -2.12. The Morgan fingerprint density at radius 1 is 1.35 bits per heavy atom. The number of benzene rings is 1. The van der Waals surface area contributed by atoms with Gasteiger partial charge in [-0.2, -0.15) is 5.10 Å². The molecular formula is C16H19N5O2. The van der Waals surface area contributed by atoms with Crippen LogP contribution in [0.25, 0.3) is 11.4 Å². The van der Waals surface area contributed by atoms with Crippen LogP contribution in [0.1, 0.15) is 22.6 Å². The van der Waals surface area contributed by atoms with Crippen molar-refractivity contribution in [2.24, 2.45) is 7.05 Å². The number of nitrogens with zero attached hydrogens (tertiary/aromatic N) is 4. The molecule has 3 rings (SSSR count). The Morgan fingerprint density at radius 2 is 2.13 bits per heavy atom. The summed E-state index contributed by atoms with van der Waals surface area (Å²) in [6, 6.07) is 6.68. The summed E-state index contributed by atoms with van der Waals surface area (Å²) >= 11 is 0. The Balaban J connectivity index is 1.79. The highest BCUT2D eigenvalue weighted by Crippen LogP contribution is 2.17. The van der Waals surface area contributed by atoms with Crippen molar-refractivity contribution in [1.29, 1.82) is 0 Å². The molecule has 2 amide bonds. The highest BCUT2D eigenvalue weighted by molar-refractivity contribution is 5.98. The molecule has 1 aliphatic rings. The molecule has 1 aromatic heterocycles. The first kappa shape index (κ1) is 15.2. The number of aromatic nitrogens is 3. The molecule has 0 spiro atoms. The van der Waals surface area contributed by atoms with Gasteiger partial charge in [-0.15, -0.1) is 0 Å². The third kappa shape index (κ3) is 2.94. The van der Waals surface area contributed by atoms with Crippen LogP contribution in [0, 0.1) is 6.92 Å². The van der Waals surface area contributed by atoms with Crippen LogP contribution in [0.2, 0.25) is 0 Å². The molecule has 1 N–H and O–H groups in total. The molecular weight excluding hydrogens is 294 g/mol. The molecule has 1 aliphatic heterocycles. The topological polar surface area (TPSA) is 80.1 Å². The third-order valence-corrected chi connectivity index (χ3v) is 4.10. The lowest BCUT2D eigenvalue weighted by molar-refractivity contribution is -0.128. The van der Waals surface area contributed by atoms with Crippen LogP contribution in [0.5, 0.6) is 0 Å². The fraction of sp³-hybridized carbons (Fsp3) is 0.375. The second-order valence-corrected chi connectivity index (χ2v) is 5.76. The summed E-state index contributed by atoms with van der Waals surface area (Å²) < 4.78 is 1.69. The second kappa shape index (κ2) is 5.83. The zero-order valence-electron chi connectivity index (χ0n) is 13.4. The average molecular weight is 313 g/mol. The van der Waals surface area contributed by atoms with E-state index in [1.807, 2.05) is 20.0 Å². The zero-order valence-corrected chi connectivity index (χ0v) is 13.4. The van der Waals surface area contributed by atoms with E-state index in [1.165, 1.54) is 0 Å². The van der Waals surface area contributed by atoms with E-state index in [1.54, 1.807) is 34.8 Å². The lowest BCUT2D eigenvalue weighted by Crippen LogP contribution is -2.40. The minimum atomic E-state index is -0.439. The maximum atomic E-state index is 12.4. The van der Waals surface area contributed by atoms with Crippen molar-refractivity contribution in [3.8, 4) is 11.4 Å². The van der Waals surface area contributed by atoms with Gasteiger partial charge >= 0.3 is 0 Å². The summed E-state index contributed by atoms with van der Waals surface area (Å²) in [7, 11) is 3.56. The third-order valence-electron chi connectivity index (χ3n) is 4.10. The number of hydrogen-bond donors (Lipinski definition) is 1. The van der Waals surface area contributed by atoms with Crippen LogP contribution in [0.15, 0.2) is 24.3 Å². The van der Waals surface area contributed by atoms with Crippen LogP contribution in [-0.4, -0.2) is 51.1 Å². The van der Waals surface area contributed by atoms with Gasteiger partial charge in [-0.05, 0) is 25.5 Å². The van der Waals surface area contributed by atoms with Gasteiger partial charge in [-0.25, -0.2) is 4.98 Å². The van der Waals surface area contributed by atoms with Crippen molar-refractivity contribution < 1.29 is 9.59 Å². The lowest BCUT2D eigenvalue weighted by atomic mass is 10.1. The van der Waals surface area contributed by atoms with E-state index in [2.05, 4.69) is 15.4 Å².